The third-order valence-corrected chi connectivity index (χ3v) is 7.89. The lowest BCUT2D eigenvalue weighted by Crippen LogP contribution is -2.51. The number of alkyl halides is 3. The molecule has 2 aromatic rings. The Kier molecular flexibility index (Phi) is 8.37. The van der Waals surface area contributed by atoms with Gasteiger partial charge in [-0.3, -0.25) is 19.1 Å². The molecule has 0 saturated heterocycles. The molecule has 2 heterocycles. The molecule has 1 aliphatic heterocycles. The Morgan fingerprint density at radius 1 is 1.23 bits per heavy atom. The number of aromatic nitrogens is 2. The first-order valence-corrected chi connectivity index (χ1v) is 13.6. The molecular formula is C24H32F3N5O7S. The second kappa shape index (κ2) is 10.8. The molecule has 1 aromatic heterocycles. The van der Waals surface area contributed by atoms with Gasteiger partial charge in [-0.25, -0.2) is 13.2 Å². The highest BCUT2D eigenvalue weighted by Gasteiger charge is 2.51. The molecule has 0 spiro atoms. The fourth-order valence-corrected chi connectivity index (χ4v) is 5.28. The molecule has 12 nitrogen and oxygen atoms in total. The normalized spacial score (nSPS) is 16.1. The highest BCUT2D eigenvalue weighted by atomic mass is 32.2. The molecule has 0 bridgehead atoms. The van der Waals surface area contributed by atoms with E-state index in [9.17, 15) is 36.3 Å². The van der Waals surface area contributed by atoms with Gasteiger partial charge in [0.25, 0.3) is 15.9 Å². The van der Waals surface area contributed by atoms with Crippen LogP contribution in [0.3, 0.4) is 0 Å². The number of aryl methyl sites for hydroxylation is 2. The van der Waals surface area contributed by atoms with Crippen molar-refractivity contribution in [2.45, 2.75) is 76.5 Å². The van der Waals surface area contributed by atoms with Crippen LogP contribution in [0.15, 0.2) is 29.3 Å². The summed E-state index contributed by atoms with van der Waals surface area (Å²) < 4.78 is 79.9. The van der Waals surface area contributed by atoms with E-state index in [1.54, 1.807) is 6.92 Å². The summed E-state index contributed by atoms with van der Waals surface area (Å²) in [4.78, 5) is 24.3. The first-order valence-electron chi connectivity index (χ1n) is 12.2. The number of hydrogen-bond acceptors (Lipinski definition) is 8. The van der Waals surface area contributed by atoms with E-state index < -0.39 is 45.5 Å². The number of amides is 2. The smallest absolute Gasteiger partial charge is 0.427 e. The van der Waals surface area contributed by atoms with Crippen LogP contribution in [-0.2, 0) is 26.1 Å². The van der Waals surface area contributed by atoms with Gasteiger partial charge in [-0.05, 0) is 59.7 Å². The summed E-state index contributed by atoms with van der Waals surface area (Å²) in [6, 6.07) is 3.85. The number of rotatable bonds is 8. The van der Waals surface area contributed by atoms with Crippen molar-refractivity contribution < 1.29 is 45.8 Å². The van der Waals surface area contributed by atoms with Gasteiger partial charge < -0.3 is 19.9 Å². The molecule has 40 heavy (non-hydrogen) atoms. The predicted molar refractivity (Wildman–Crippen MR) is 138 cm³/mol. The van der Waals surface area contributed by atoms with E-state index in [1.807, 2.05) is 0 Å². The lowest BCUT2D eigenvalue weighted by Gasteiger charge is -2.36. The zero-order chi connectivity index (χ0) is 30.3. The third kappa shape index (κ3) is 6.60. The lowest BCUT2D eigenvalue weighted by molar-refractivity contribution is -0.242. The maximum atomic E-state index is 13.8. The van der Waals surface area contributed by atoms with E-state index in [4.69, 9.17) is 4.74 Å². The molecule has 0 saturated carbocycles. The summed E-state index contributed by atoms with van der Waals surface area (Å²) in [6.45, 7) is 7.25. The molecule has 2 amide bonds. The Morgan fingerprint density at radius 2 is 1.88 bits per heavy atom. The first-order chi connectivity index (χ1) is 18.3. The summed E-state index contributed by atoms with van der Waals surface area (Å²) in [6.07, 6.45) is -5.74. The molecule has 1 atom stereocenters. The number of aliphatic hydroxyl groups is 1. The van der Waals surface area contributed by atoms with Crippen molar-refractivity contribution in [3.63, 3.8) is 0 Å². The maximum absolute atomic E-state index is 13.8. The van der Waals surface area contributed by atoms with Crippen LogP contribution >= 0.6 is 0 Å². The van der Waals surface area contributed by atoms with Gasteiger partial charge in [0.15, 0.2) is 0 Å². The number of carbonyl (C=O) groups excluding carboxylic acids is 2. The molecule has 0 unspecified atom stereocenters. The standard InChI is InChI=1S/C24H32F3N5O7S/c1-7-31-13-19(14(2)30-31)40(36,37)32-12-16(11-28-20(33)22(3,4)35)38-18-9-8-15(10-17(18)32)29-21(34)39-23(5,6)24(25,26)27/h8-10,13,16,35H,7,11-12H2,1-6H3,(H,28,33)(H,29,34)/t16-/m0/s1. The van der Waals surface area contributed by atoms with E-state index >= 15 is 0 Å². The molecule has 0 aliphatic carbocycles. The summed E-state index contributed by atoms with van der Waals surface area (Å²) in [5.41, 5.74) is -4.29. The average Bonchev–Trinajstić information content (AvgIpc) is 3.21. The fraction of sp³-hybridized carbons (Fsp3) is 0.542. The van der Waals surface area contributed by atoms with Crippen LogP contribution < -0.4 is 19.7 Å². The van der Waals surface area contributed by atoms with E-state index in [-0.39, 0.29) is 40.8 Å². The molecule has 0 radical (unpaired) electrons. The number of fused-ring (bicyclic) bond motifs is 1. The van der Waals surface area contributed by atoms with E-state index in [1.165, 1.54) is 49.8 Å². The zero-order valence-corrected chi connectivity index (χ0v) is 23.6. The Morgan fingerprint density at radius 3 is 2.42 bits per heavy atom. The van der Waals surface area contributed by atoms with Gasteiger partial charge in [0, 0.05) is 18.4 Å². The number of carbonyl (C=O) groups is 2. The largest absolute Gasteiger partial charge is 0.484 e. The summed E-state index contributed by atoms with van der Waals surface area (Å²) in [5.74, 6) is -0.636. The van der Waals surface area contributed by atoms with Crippen molar-refractivity contribution >= 4 is 33.4 Å². The van der Waals surface area contributed by atoms with Gasteiger partial charge >= 0.3 is 12.3 Å². The van der Waals surface area contributed by atoms with Gasteiger partial charge in [-0.15, -0.1) is 0 Å². The number of sulfonamides is 1. The summed E-state index contributed by atoms with van der Waals surface area (Å²) >= 11 is 0. The Balaban J connectivity index is 1.97. The second-order valence-corrected chi connectivity index (χ2v) is 12.0. The van der Waals surface area contributed by atoms with Gasteiger partial charge in [-0.2, -0.15) is 18.3 Å². The topological polar surface area (TPSA) is 152 Å². The van der Waals surface area contributed by atoms with Crippen molar-refractivity contribution in [2.24, 2.45) is 0 Å². The van der Waals surface area contributed by atoms with Crippen LogP contribution in [0.2, 0.25) is 0 Å². The summed E-state index contributed by atoms with van der Waals surface area (Å²) in [7, 11) is -4.27. The molecule has 3 rings (SSSR count). The SMILES string of the molecule is CCn1cc(S(=O)(=O)N2C[C@H](CNC(=O)C(C)(C)O)Oc3ccc(NC(=O)OC(C)(C)C(F)(F)F)cc32)c(C)n1. The minimum Gasteiger partial charge on any atom is -0.484 e. The van der Waals surface area contributed by atoms with Crippen LogP contribution in [0.4, 0.5) is 29.3 Å². The quantitative estimate of drug-likeness (QED) is 0.424. The minimum absolute atomic E-state index is 0.0124. The first kappa shape index (κ1) is 31.0. The second-order valence-electron chi connectivity index (χ2n) is 10.2. The van der Waals surface area contributed by atoms with Crippen LogP contribution in [0.25, 0.3) is 0 Å². The van der Waals surface area contributed by atoms with Gasteiger partial charge in [-0.1, -0.05) is 0 Å². The number of anilines is 2. The van der Waals surface area contributed by atoms with Crippen molar-refractivity contribution in [1.29, 1.82) is 0 Å². The van der Waals surface area contributed by atoms with Gasteiger partial charge in [0.2, 0.25) is 5.60 Å². The number of nitrogens with zero attached hydrogens (tertiary/aromatic N) is 3. The van der Waals surface area contributed by atoms with Gasteiger partial charge in [0.05, 0.1) is 24.5 Å². The lowest BCUT2D eigenvalue weighted by atomic mass is 10.1. The monoisotopic (exact) mass is 591 g/mol. The van der Waals surface area contributed by atoms with Crippen LogP contribution in [-0.4, -0.2) is 71.9 Å². The van der Waals surface area contributed by atoms with Crippen molar-refractivity contribution in [1.82, 2.24) is 15.1 Å². The molecule has 222 valence electrons. The molecule has 3 N–H and O–H groups in total. The van der Waals surface area contributed by atoms with Crippen molar-refractivity contribution in [3.05, 3.63) is 30.1 Å². The zero-order valence-electron chi connectivity index (χ0n) is 22.8. The molecule has 1 aliphatic rings. The Hall–Kier alpha value is -3.53. The van der Waals surface area contributed by atoms with Crippen LogP contribution in [0.5, 0.6) is 5.75 Å². The van der Waals surface area contributed by atoms with Crippen LogP contribution in [0.1, 0.15) is 40.3 Å². The van der Waals surface area contributed by atoms with E-state index in [0.717, 1.165) is 4.31 Å². The number of halogens is 3. The third-order valence-electron chi connectivity index (χ3n) is 6.01. The average molecular weight is 592 g/mol. The Bertz CT molecular complexity index is 1380. The number of hydrogen-bond donors (Lipinski definition) is 3. The number of benzene rings is 1. The minimum atomic E-state index is -4.82. The fourth-order valence-electron chi connectivity index (χ4n) is 3.61. The molecule has 1 aromatic carbocycles. The van der Waals surface area contributed by atoms with Crippen molar-refractivity contribution in [3.8, 4) is 5.75 Å². The highest BCUT2D eigenvalue weighted by Crippen LogP contribution is 2.40. The molecule has 0 fully saturated rings. The van der Waals surface area contributed by atoms with Gasteiger partial charge in [0.1, 0.15) is 22.4 Å². The maximum Gasteiger partial charge on any atom is 0.427 e. The Labute approximate surface area is 229 Å². The van der Waals surface area contributed by atoms with Crippen molar-refractivity contribution in [2.75, 3.05) is 22.7 Å². The molecule has 16 heteroatoms. The number of nitrogens with one attached hydrogen (secondary N) is 2. The van der Waals surface area contributed by atoms with Crippen LogP contribution in [0, 0.1) is 6.92 Å². The predicted octanol–water partition coefficient (Wildman–Crippen LogP) is 2.94. The number of ether oxygens (including phenoxy) is 2. The van der Waals surface area contributed by atoms with E-state index in [2.05, 4.69) is 20.5 Å². The summed E-state index contributed by atoms with van der Waals surface area (Å²) in [5, 5.41) is 18.8. The molecular weight excluding hydrogens is 559 g/mol. The van der Waals surface area contributed by atoms with E-state index in [0.29, 0.717) is 20.4 Å². The highest BCUT2D eigenvalue weighted by molar-refractivity contribution is 7.92.